The predicted octanol–water partition coefficient (Wildman–Crippen LogP) is 2.36. The molecular formula is C16H21N3O3S. The number of rotatable bonds is 7. The molecule has 0 spiro atoms. The van der Waals surface area contributed by atoms with Gasteiger partial charge >= 0.3 is 0 Å². The average Bonchev–Trinajstić information content (AvgIpc) is 2.88. The summed E-state index contributed by atoms with van der Waals surface area (Å²) in [5.74, 6) is 0.660. The minimum Gasteiger partial charge on any atom is -0.497 e. The maximum absolute atomic E-state index is 11.8. The number of aromatic nitrogens is 2. The van der Waals surface area contributed by atoms with Crippen molar-refractivity contribution in [1.29, 1.82) is 0 Å². The molecule has 0 radical (unpaired) electrons. The quantitative estimate of drug-likeness (QED) is 0.788. The van der Waals surface area contributed by atoms with Crippen LogP contribution in [0.25, 0.3) is 5.69 Å². The number of methoxy groups -OCH3 is 1. The molecule has 0 saturated carbocycles. The summed E-state index contributed by atoms with van der Waals surface area (Å²) < 4.78 is 33.2. The summed E-state index contributed by atoms with van der Waals surface area (Å²) in [4.78, 5) is 0. The summed E-state index contributed by atoms with van der Waals surface area (Å²) in [5, 5.41) is 4.36. The van der Waals surface area contributed by atoms with Crippen LogP contribution < -0.4 is 9.46 Å². The van der Waals surface area contributed by atoms with Crippen LogP contribution in [0.5, 0.6) is 5.75 Å². The molecule has 0 fully saturated rings. The van der Waals surface area contributed by atoms with E-state index in [1.54, 1.807) is 24.9 Å². The van der Waals surface area contributed by atoms with Gasteiger partial charge in [-0.25, -0.2) is 17.8 Å². The first-order valence-corrected chi connectivity index (χ1v) is 8.83. The molecule has 1 N–H and O–H groups in total. The van der Waals surface area contributed by atoms with Gasteiger partial charge < -0.3 is 4.74 Å². The van der Waals surface area contributed by atoms with E-state index in [1.807, 2.05) is 31.2 Å². The van der Waals surface area contributed by atoms with Crippen LogP contribution in [0.4, 0.5) is 0 Å². The lowest BCUT2D eigenvalue weighted by Crippen LogP contribution is -2.28. The first-order chi connectivity index (χ1) is 10.9. The molecule has 2 rings (SSSR count). The third-order valence-electron chi connectivity index (χ3n) is 3.52. The second-order valence-corrected chi connectivity index (χ2v) is 7.00. The van der Waals surface area contributed by atoms with Gasteiger partial charge in [-0.15, -0.1) is 6.58 Å². The van der Waals surface area contributed by atoms with Crippen molar-refractivity contribution in [3.63, 3.8) is 0 Å². The van der Waals surface area contributed by atoms with Crippen LogP contribution >= 0.6 is 0 Å². The zero-order chi connectivity index (χ0) is 17.0. The summed E-state index contributed by atoms with van der Waals surface area (Å²) in [6, 6.07) is 7.13. The highest BCUT2D eigenvalue weighted by Gasteiger charge is 2.19. The van der Waals surface area contributed by atoms with Crippen molar-refractivity contribution >= 4 is 10.0 Å². The highest BCUT2D eigenvalue weighted by molar-refractivity contribution is 7.89. The summed E-state index contributed by atoms with van der Waals surface area (Å²) in [6.07, 6.45) is 3.04. The van der Waals surface area contributed by atoms with Crippen molar-refractivity contribution in [2.45, 2.75) is 19.9 Å². The number of hydrogen-bond acceptors (Lipinski definition) is 4. The molecule has 0 bridgehead atoms. The number of hydrogen-bond donors (Lipinski definition) is 1. The number of ether oxygens (including phenoxy) is 1. The van der Waals surface area contributed by atoms with E-state index in [2.05, 4.69) is 16.4 Å². The normalized spacial score (nSPS) is 12.8. The Bertz CT molecular complexity index is 779. The molecule has 6 nitrogen and oxygen atoms in total. The third-order valence-corrected chi connectivity index (χ3v) is 4.91. The molecule has 1 aromatic carbocycles. The Hall–Kier alpha value is -2.12. The van der Waals surface area contributed by atoms with Crippen LogP contribution in [-0.2, 0) is 10.0 Å². The fourth-order valence-corrected chi connectivity index (χ4v) is 3.44. The van der Waals surface area contributed by atoms with Gasteiger partial charge in [0.2, 0.25) is 10.0 Å². The minimum atomic E-state index is -3.38. The van der Waals surface area contributed by atoms with E-state index in [-0.39, 0.29) is 11.8 Å². The first-order valence-electron chi connectivity index (χ1n) is 7.18. The maximum Gasteiger partial charge on any atom is 0.215 e. The van der Waals surface area contributed by atoms with E-state index >= 15 is 0 Å². The van der Waals surface area contributed by atoms with Crippen LogP contribution in [0.15, 0.2) is 43.1 Å². The zero-order valence-corrected chi connectivity index (χ0v) is 14.3. The number of sulfonamides is 1. The molecule has 23 heavy (non-hydrogen) atoms. The average molecular weight is 335 g/mol. The van der Waals surface area contributed by atoms with Gasteiger partial charge in [0.15, 0.2) is 0 Å². The molecule has 0 aliphatic rings. The highest BCUT2D eigenvalue weighted by atomic mass is 32.2. The van der Waals surface area contributed by atoms with Crippen molar-refractivity contribution in [3.05, 3.63) is 54.4 Å². The lowest BCUT2D eigenvalue weighted by molar-refractivity contribution is 0.414. The predicted molar refractivity (Wildman–Crippen MR) is 90.4 cm³/mol. The zero-order valence-electron chi connectivity index (χ0n) is 13.5. The second-order valence-electron chi connectivity index (χ2n) is 5.20. The molecular weight excluding hydrogens is 314 g/mol. The van der Waals surface area contributed by atoms with Crippen molar-refractivity contribution in [3.8, 4) is 11.4 Å². The largest absolute Gasteiger partial charge is 0.497 e. The minimum absolute atomic E-state index is 0.108. The first kappa shape index (κ1) is 17.2. The van der Waals surface area contributed by atoms with Gasteiger partial charge in [-0.3, -0.25) is 0 Å². The van der Waals surface area contributed by atoms with Crippen molar-refractivity contribution in [2.24, 2.45) is 0 Å². The third kappa shape index (κ3) is 4.00. The van der Waals surface area contributed by atoms with Crippen LogP contribution in [0.2, 0.25) is 0 Å². The Morgan fingerprint density at radius 1 is 1.39 bits per heavy atom. The number of benzene rings is 1. The van der Waals surface area contributed by atoms with Crippen LogP contribution in [0.3, 0.4) is 0 Å². The Balaban J connectivity index is 2.26. The van der Waals surface area contributed by atoms with Gasteiger partial charge in [0.25, 0.3) is 0 Å². The Morgan fingerprint density at radius 2 is 2.04 bits per heavy atom. The van der Waals surface area contributed by atoms with Crippen LogP contribution in [0, 0.1) is 6.92 Å². The van der Waals surface area contributed by atoms with Gasteiger partial charge in [0.1, 0.15) is 5.75 Å². The Morgan fingerprint density at radius 3 is 2.61 bits per heavy atom. The van der Waals surface area contributed by atoms with Gasteiger partial charge in [0, 0.05) is 17.3 Å². The van der Waals surface area contributed by atoms with E-state index < -0.39 is 10.0 Å². The molecule has 124 valence electrons. The summed E-state index contributed by atoms with van der Waals surface area (Å²) in [5.41, 5.74) is 2.59. The van der Waals surface area contributed by atoms with Gasteiger partial charge in [0.05, 0.1) is 24.7 Å². The SMILES string of the molecule is C=CCS(=O)(=O)N[C@H](C)c1cnn(-c2ccc(OC)cc2)c1C. The van der Waals surface area contributed by atoms with Crippen molar-refractivity contribution in [2.75, 3.05) is 12.9 Å². The Kier molecular flexibility index (Phi) is 5.23. The molecule has 2 aromatic rings. The number of nitrogens with one attached hydrogen (secondary N) is 1. The molecule has 0 amide bonds. The van der Waals surface area contributed by atoms with E-state index in [4.69, 9.17) is 4.74 Å². The van der Waals surface area contributed by atoms with Crippen molar-refractivity contribution in [1.82, 2.24) is 14.5 Å². The lowest BCUT2D eigenvalue weighted by Gasteiger charge is -2.13. The van der Waals surface area contributed by atoms with E-state index in [1.165, 1.54) is 6.08 Å². The second kappa shape index (κ2) is 6.97. The lowest BCUT2D eigenvalue weighted by atomic mass is 10.1. The molecule has 0 unspecified atom stereocenters. The standard InChI is InChI=1S/C16H21N3O3S/c1-5-10-23(20,21)18-12(2)16-11-17-19(13(16)3)14-6-8-15(22-4)9-7-14/h5-9,11-12,18H,1,10H2,2-4H3/t12-/m1/s1. The maximum atomic E-state index is 11.8. The summed E-state index contributed by atoms with van der Waals surface area (Å²) in [7, 11) is -1.77. The fourth-order valence-electron chi connectivity index (χ4n) is 2.37. The molecule has 7 heteroatoms. The van der Waals surface area contributed by atoms with Crippen LogP contribution in [0.1, 0.15) is 24.2 Å². The molecule has 1 atom stereocenters. The fraction of sp³-hybridized carbons (Fsp3) is 0.312. The molecule has 1 heterocycles. The summed E-state index contributed by atoms with van der Waals surface area (Å²) in [6.45, 7) is 7.16. The smallest absolute Gasteiger partial charge is 0.215 e. The molecule has 0 saturated heterocycles. The van der Waals surface area contributed by atoms with E-state index in [9.17, 15) is 8.42 Å². The molecule has 0 aliphatic carbocycles. The topological polar surface area (TPSA) is 73.2 Å². The molecule has 0 aliphatic heterocycles. The number of nitrogens with zero attached hydrogens (tertiary/aromatic N) is 2. The van der Waals surface area contributed by atoms with Gasteiger partial charge in [-0.05, 0) is 38.1 Å². The Labute approximate surface area is 136 Å². The van der Waals surface area contributed by atoms with Crippen LogP contribution in [-0.4, -0.2) is 31.1 Å². The monoisotopic (exact) mass is 335 g/mol. The van der Waals surface area contributed by atoms with E-state index in [0.29, 0.717) is 0 Å². The summed E-state index contributed by atoms with van der Waals surface area (Å²) >= 11 is 0. The molecule has 1 aromatic heterocycles. The van der Waals surface area contributed by atoms with Crippen molar-refractivity contribution < 1.29 is 13.2 Å². The van der Waals surface area contributed by atoms with E-state index in [0.717, 1.165) is 22.7 Å². The van der Waals surface area contributed by atoms with Gasteiger partial charge in [-0.2, -0.15) is 5.10 Å². The van der Waals surface area contributed by atoms with Gasteiger partial charge in [-0.1, -0.05) is 6.08 Å². The highest BCUT2D eigenvalue weighted by Crippen LogP contribution is 2.22.